The fraction of sp³-hybridized carbons (Fsp3) is 0.0400. The number of para-hydroxylation sites is 2. The molecule has 2 amide bonds. The summed E-state index contributed by atoms with van der Waals surface area (Å²) in [6, 6.07) is 27.4. The van der Waals surface area contributed by atoms with Gasteiger partial charge in [-0.05, 0) is 41.6 Å². The Hall–Kier alpha value is -3.57. The summed E-state index contributed by atoms with van der Waals surface area (Å²) in [6.07, 6.45) is 3.88. The second-order valence-electron chi connectivity index (χ2n) is 7.07. The van der Waals surface area contributed by atoms with Gasteiger partial charge < -0.3 is 4.57 Å². The van der Waals surface area contributed by atoms with Gasteiger partial charge in [-0.25, -0.2) is 4.90 Å². The van der Waals surface area contributed by atoms with Crippen LogP contribution in [0.4, 0.5) is 10.5 Å². The SMILES string of the molecule is O=C1S/C(=C\c2cn(Cc3ccccc3)c3ccccc23)C(=O)N1c1ccccc1. The van der Waals surface area contributed by atoms with E-state index in [9.17, 15) is 9.59 Å². The van der Waals surface area contributed by atoms with Gasteiger partial charge >= 0.3 is 0 Å². The molecule has 0 radical (unpaired) electrons. The van der Waals surface area contributed by atoms with Crippen molar-refractivity contribution in [2.75, 3.05) is 4.90 Å². The highest BCUT2D eigenvalue weighted by atomic mass is 32.2. The molecule has 0 N–H and O–H groups in total. The van der Waals surface area contributed by atoms with Gasteiger partial charge in [0.25, 0.3) is 11.1 Å². The summed E-state index contributed by atoms with van der Waals surface area (Å²) in [5.41, 5.74) is 3.82. The highest BCUT2D eigenvalue weighted by Crippen LogP contribution is 2.36. The largest absolute Gasteiger partial charge is 0.342 e. The molecule has 0 unspecified atom stereocenters. The third-order valence-electron chi connectivity index (χ3n) is 5.11. The van der Waals surface area contributed by atoms with Crippen molar-refractivity contribution in [2.24, 2.45) is 0 Å². The van der Waals surface area contributed by atoms with Gasteiger partial charge in [0.15, 0.2) is 0 Å². The minimum atomic E-state index is -0.281. The third kappa shape index (κ3) is 3.33. The first-order valence-electron chi connectivity index (χ1n) is 9.65. The molecule has 0 bridgehead atoms. The molecule has 5 rings (SSSR count). The zero-order chi connectivity index (χ0) is 20.5. The Morgan fingerprint density at radius 3 is 2.23 bits per heavy atom. The lowest BCUT2D eigenvalue weighted by molar-refractivity contribution is -0.113. The number of thioether (sulfide) groups is 1. The quantitative estimate of drug-likeness (QED) is 0.392. The van der Waals surface area contributed by atoms with E-state index in [0.717, 1.165) is 34.8 Å². The second kappa shape index (κ2) is 7.69. The zero-order valence-electron chi connectivity index (χ0n) is 16.1. The van der Waals surface area contributed by atoms with Crippen LogP contribution in [-0.4, -0.2) is 15.7 Å². The summed E-state index contributed by atoms with van der Waals surface area (Å²) in [5, 5.41) is 0.783. The maximum atomic E-state index is 13.0. The standard InChI is InChI=1S/C25H18N2O2S/c28-24-23(30-25(29)27(24)20-11-5-2-6-12-20)15-19-17-26(16-18-9-3-1-4-10-18)22-14-8-7-13-21(19)22/h1-15,17H,16H2/b23-15-. The van der Waals surface area contributed by atoms with Crippen molar-refractivity contribution in [2.45, 2.75) is 6.54 Å². The summed E-state index contributed by atoms with van der Waals surface area (Å²) < 4.78 is 2.18. The van der Waals surface area contributed by atoms with Crippen molar-refractivity contribution in [3.63, 3.8) is 0 Å². The van der Waals surface area contributed by atoms with Crippen molar-refractivity contribution in [1.82, 2.24) is 4.57 Å². The van der Waals surface area contributed by atoms with Crippen LogP contribution in [0.5, 0.6) is 0 Å². The van der Waals surface area contributed by atoms with Crippen LogP contribution in [0.25, 0.3) is 17.0 Å². The number of aromatic nitrogens is 1. The molecule has 0 spiro atoms. The van der Waals surface area contributed by atoms with Crippen molar-refractivity contribution in [1.29, 1.82) is 0 Å². The first kappa shape index (κ1) is 18.5. The fourth-order valence-electron chi connectivity index (χ4n) is 3.71. The monoisotopic (exact) mass is 410 g/mol. The van der Waals surface area contributed by atoms with Crippen LogP contribution >= 0.6 is 11.8 Å². The van der Waals surface area contributed by atoms with Crippen molar-refractivity contribution in [3.8, 4) is 0 Å². The Bertz CT molecular complexity index is 1280. The van der Waals surface area contributed by atoms with Gasteiger partial charge in [0.1, 0.15) is 0 Å². The summed E-state index contributed by atoms with van der Waals surface area (Å²) in [5.74, 6) is -0.281. The van der Waals surface area contributed by atoms with Crippen LogP contribution in [0.1, 0.15) is 11.1 Å². The molecule has 3 aromatic carbocycles. The molecule has 5 heteroatoms. The Morgan fingerprint density at radius 2 is 1.47 bits per heavy atom. The van der Waals surface area contributed by atoms with Crippen molar-refractivity contribution >= 4 is 45.6 Å². The first-order valence-corrected chi connectivity index (χ1v) is 10.5. The van der Waals surface area contributed by atoms with Gasteiger partial charge in [-0.1, -0.05) is 66.7 Å². The Morgan fingerprint density at radius 1 is 0.800 bits per heavy atom. The second-order valence-corrected chi connectivity index (χ2v) is 8.06. The van der Waals surface area contributed by atoms with E-state index in [1.165, 1.54) is 10.5 Å². The normalized spacial score (nSPS) is 15.5. The summed E-state index contributed by atoms with van der Waals surface area (Å²) >= 11 is 0.983. The van der Waals surface area contributed by atoms with E-state index in [0.29, 0.717) is 10.6 Å². The van der Waals surface area contributed by atoms with E-state index in [1.54, 1.807) is 12.1 Å². The maximum Gasteiger partial charge on any atom is 0.298 e. The third-order valence-corrected chi connectivity index (χ3v) is 5.98. The predicted octanol–water partition coefficient (Wildman–Crippen LogP) is 5.93. The number of hydrogen-bond acceptors (Lipinski definition) is 3. The molecular weight excluding hydrogens is 392 g/mol. The summed E-state index contributed by atoms with van der Waals surface area (Å²) in [6.45, 7) is 0.737. The average Bonchev–Trinajstić information content (AvgIpc) is 3.26. The zero-order valence-corrected chi connectivity index (χ0v) is 16.9. The van der Waals surface area contributed by atoms with Crippen LogP contribution in [0, 0.1) is 0 Å². The van der Waals surface area contributed by atoms with E-state index in [2.05, 4.69) is 22.8 Å². The van der Waals surface area contributed by atoms with Gasteiger partial charge in [0.05, 0.1) is 10.6 Å². The number of carbonyl (C=O) groups excluding carboxylic acids is 2. The van der Waals surface area contributed by atoms with Gasteiger partial charge in [-0.3, -0.25) is 9.59 Å². The molecule has 1 aliphatic rings. The lowest BCUT2D eigenvalue weighted by atomic mass is 10.1. The van der Waals surface area contributed by atoms with Gasteiger partial charge in [0, 0.05) is 29.2 Å². The smallest absolute Gasteiger partial charge is 0.298 e. The molecule has 146 valence electrons. The van der Waals surface area contributed by atoms with Crippen LogP contribution in [0.3, 0.4) is 0 Å². The number of fused-ring (bicyclic) bond motifs is 1. The van der Waals surface area contributed by atoms with E-state index in [1.807, 2.05) is 66.9 Å². The van der Waals surface area contributed by atoms with Crippen molar-refractivity contribution < 1.29 is 9.59 Å². The first-order chi connectivity index (χ1) is 14.7. The summed E-state index contributed by atoms with van der Waals surface area (Å²) in [7, 11) is 0. The minimum Gasteiger partial charge on any atom is -0.342 e. The number of anilines is 1. The van der Waals surface area contributed by atoms with E-state index in [-0.39, 0.29) is 11.1 Å². The van der Waals surface area contributed by atoms with Crippen LogP contribution in [0.2, 0.25) is 0 Å². The number of imide groups is 1. The molecule has 0 atom stereocenters. The number of carbonyl (C=O) groups is 2. The molecule has 1 saturated heterocycles. The Kier molecular flexibility index (Phi) is 4.73. The lowest BCUT2D eigenvalue weighted by Crippen LogP contribution is -2.27. The fourth-order valence-corrected chi connectivity index (χ4v) is 4.54. The molecule has 1 fully saturated rings. The minimum absolute atomic E-state index is 0.273. The number of rotatable bonds is 4. The molecule has 0 saturated carbocycles. The van der Waals surface area contributed by atoms with E-state index in [4.69, 9.17) is 0 Å². The molecule has 1 aliphatic heterocycles. The van der Waals surface area contributed by atoms with Crippen LogP contribution in [0.15, 0.2) is 96.0 Å². The van der Waals surface area contributed by atoms with Gasteiger partial charge in [-0.15, -0.1) is 0 Å². The van der Waals surface area contributed by atoms with E-state index >= 15 is 0 Å². The molecule has 0 aliphatic carbocycles. The van der Waals surface area contributed by atoms with E-state index < -0.39 is 0 Å². The topological polar surface area (TPSA) is 42.3 Å². The van der Waals surface area contributed by atoms with Crippen molar-refractivity contribution in [3.05, 3.63) is 107 Å². The number of benzene rings is 3. The van der Waals surface area contributed by atoms with Crippen LogP contribution < -0.4 is 4.90 Å². The van der Waals surface area contributed by atoms with Gasteiger partial charge in [0.2, 0.25) is 0 Å². The average molecular weight is 410 g/mol. The molecule has 30 heavy (non-hydrogen) atoms. The number of nitrogens with zero attached hydrogens (tertiary/aromatic N) is 2. The summed E-state index contributed by atoms with van der Waals surface area (Å²) in [4.78, 5) is 27.2. The number of amides is 2. The predicted molar refractivity (Wildman–Crippen MR) is 122 cm³/mol. The van der Waals surface area contributed by atoms with Gasteiger partial charge in [-0.2, -0.15) is 0 Å². The maximum absolute atomic E-state index is 13.0. The highest BCUT2D eigenvalue weighted by molar-refractivity contribution is 8.19. The number of hydrogen-bond donors (Lipinski definition) is 0. The highest BCUT2D eigenvalue weighted by Gasteiger charge is 2.36. The molecule has 4 aromatic rings. The lowest BCUT2D eigenvalue weighted by Gasteiger charge is -2.11. The molecule has 2 heterocycles. The Labute approximate surface area is 178 Å². The molecule has 1 aromatic heterocycles. The molecule has 4 nitrogen and oxygen atoms in total. The Balaban J connectivity index is 1.53. The molecular formula is C25H18N2O2S. The van der Waals surface area contributed by atoms with Crippen LogP contribution in [-0.2, 0) is 11.3 Å².